The van der Waals surface area contributed by atoms with Crippen LogP contribution in [0.1, 0.15) is 11.5 Å². The van der Waals surface area contributed by atoms with Gasteiger partial charge in [0.2, 0.25) is 0 Å². The monoisotopic (exact) mass is 232 g/mol. The van der Waals surface area contributed by atoms with E-state index in [9.17, 15) is 4.79 Å². The van der Waals surface area contributed by atoms with Gasteiger partial charge in [0.15, 0.2) is 0 Å². The van der Waals surface area contributed by atoms with E-state index in [4.69, 9.17) is 4.74 Å². The van der Waals surface area contributed by atoms with Crippen LogP contribution in [0.25, 0.3) is 0 Å². The van der Waals surface area contributed by atoms with Crippen LogP contribution in [0.2, 0.25) is 0 Å². The summed E-state index contributed by atoms with van der Waals surface area (Å²) in [6.45, 7) is 2.07. The molecule has 4 nitrogen and oxygen atoms in total. The SMILES string of the molecule is COCc1nc(C)[nH]c(=O)c1Br. The van der Waals surface area contributed by atoms with Gasteiger partial charge in [-0.2, -0.15) is 0 Å². The lowest BCUT2D eigenvalue weighted by Crippen LogP contribution is -2.14. The van der Waals surface area contributed by atoms with E-state index in [-0.39, 0.29) is 5.56 Å². The van der Waals surface area contributed by atoms with Crippen LogP contribution in [-0.4, -0.2) is 17.1 Å². The van der Waals surface area contributed by atoms with E-state index in [1.54, 1.807) is 14.0 Å². The van der Waals surface area contributed by atoms with Gasteiger partial charge in [0.05, 0.1) is 12.3 Å². The second-order valence-corrected chi connectivity index (χ2v) is 3.14. The lowest BCUT2D eigenvalue weighted by molar-refractivity contribution is 0.180. The summed E-state index contributed by atoms with van der Waals surface area (Å²) in [4.78, 5) is 17.8. The maximum atomic E-state index is 11.1. The number of aryl methyl sites for hydroxylation is 1. The molecule has 0 fully saturated rings. The zero-order valence-corrected chi connectivity index (χ0v) is 8.43. The van der Waals surface area contributed by atoms with Crippen molar-refractivity contribution in [3.05, 3.63) is 26.3 Å². The second kappa shape index (κ2) is 3.82. The van der Waals surface area contributed by atoms with Gasteiger partial charge in [0, 0.05) is 7.11 Å². The van der Waals surface area contributed by atoms with E-state index >= 15 is 0 Å². The highest BCUT2D eigenvalue weighted by atomic mass is 79.9. The fraction of sp³-hybridized carbons (Fsp3) is 0.429. The Kier molecular flexibility index (Phi) is 2.99. The molecule has 1 rings (SSSR count). The highest BCUT2D eigenvalue weighted by Gasteiger charge is 2.05. The molecule has 1 aromatic rings. The number of ether oxygens (including phenoxy) is 1. The molecule has 0 saturated carbocycles. The number of methoxy groups -OCH3 is 1. The van der Waals surface area contributed by atoms with E-state index in [0.29, 0.717) is 22.6 Å². The number of aromatic amines is 1. The molecule has 0 unspecified atom stereocenters. The van der Waals surface area contributed by atoms with Gasteiger partial charge in [-0.3, -0.25) is 4.79 Å². The Morgan fingerprint density at radius 1 is 1.67 bits per heavy atom. The van der Waals surface area contributed by atoms with Crippen molar-refractivity contribution in [2.45, 2.75) is 13.5 Å². The summed E-state index contributed by atoms with van der Waals surface area (Å²) in [5.74, 6) is 0.593. The zero-order chi connectivity index (χ0) is 9.14. The lowest BCUT2D eigenvalue weighted by Gasteiger charge is -2.01. The number of halogens is 1. The van der Waals surface area contributed by atoms with Crippen molar-refractivity contribution in [3.63, 3.8) is 0 Å². The van der Waals surface area contributed by atoms with E-state index in [1.807, 2.05) is 0 Å². The number of hydrogen-bond acceptors (Lipinski definition) is 3. The molecule has 0 atom stereocenters. The fourth-order valence-corrected chi connectivity index (χ4v) is 1.16. The minimum absolute atomic E-state index is 0.172. The lowest BCUT2D eigenvalue weighted by atomic mass is 10.4. The molecule has 0 aliphatic heterocycles. The van der Waals surface area contributed by atoms with Crippen molar-refractivity contribution in [2.75, 3.05) is 7.11 Å². The third-order valence-electron chi connectivity index (χ3n) is 1.33. The molecule has 0 aliphatic rings. The highest BCUT2D eigenvalue weighted by Crippen LogP contribution is 2.08. The molecular formula is C7H9BrN2O2. The Balaban J connectivity index is 3.18. The van der Waals surface area contributed by atoms with Crippen LogP contribution in [0.3, 0.4) is 0 Å². The third-order valence-corrected chi connectivity index (χ3v) is 2.15. The van der Waals surface area contributed by atoms with Crippen molar-refractivity contribution in [1.29, 1.82) is 0 Å². The van der Waals surface area contributed by atoms with Crippen molar-refractivity contribution < 1.29 is 4.74 Å². The zero-order valence-electron chi connectivity index (χ0n) is 6.85. The number of nitrogens with one attached hydrogen (secondary N) is 1. The van der Waals surface area contributed by atoms with Gasteiger partial charge in [0.25, 0.3) is 5.56 Å². The Morgan fingerprint density at radius 3 is 2.92 bits per heavy atom. The maximum Gasteiger partial charge on any atom is 0.265 e. The number of nitrogens with zero attached hydrogens (tertiary/aromatic N) is 1. The van der Waals surface area contributed by atoms with E-state index in [0.717, 1.165) is 0 Å². The molecule has 0 radical (unpaired) electrons. The molecule has 0 spiro atoms. The first kappa shape index (κ1) is 9.41. The predicted molar refractivity (Wildman–Crippen MR) is 48.0 cm³/mol. The summed E-state index contributed by atoms with van der Waals surface area (Å²) in [7, 11) is 1.56. The van der Waals surface area contributed by atoms with Gasteiger partial charge in [-0.15, -0.1) is 0 Å². The van der Waals surface area contributed by atoms with Crippen molar-refractivity contribution in [1.82, 2.24) is 9.97 Å². The van der Waals surface area contributed by atoms with Crippen LogP contribution in [0, 0.1) is 6.92 Å². The standard InChI is InChI=1S/C7H9BrN2O2/c1-4-9-5(3-12-2)6(8)7(11)10-4/h3H2,1-2H3,(H,9,10,11). The maximum absolute atomic E-state index is 11.1. The van der Waals surface area contributed by atoms with E-state index in [2.05, 4.69) is 25.9 Å². The van der Waals surface area contributed by atoms with Crippen LogP contribution >= 0.6 is 15.9 Å². The number of hydrogen-bond donors (Lipinski definition) is 1. The summed E-state index contributed by atoms with van der Waals surface area (Å²) >= 11 is 3.13. The van der Waals surface area contributed by atoms with Crippen molar-refractivity contribution in [2.24, 2.45) is 0 Å². The van der Waals surface area contributed by atoms with Crippen LogP contribution in [-0.2, 0) is 11.3 Å². The second-order valence-electron chi connectivity index (χ2n) is 2.35. The Bertz CT molecular complexity index is 335. The molecule has 0 bridgehead atoms. The molecule has 0 aromatic carbocycles. The summed E-state index contributed by atoms with van der Waals surface area (Å²) in [6.07, 6.45) is 0. The van der Waals surface area contributed by atoms with Gasteiger partial charge in [-0.1, -0.05) is 0 Å². The van der Waals surface area contributed by atoms with Crippen molar-refractivity contribution in [3.8, 4) is 0 Å². The molecule has 0 saturated heterocycles. The molecule has 1 N–H and O–H groups in total. The molecule has 0 amide bonds. The average Bonchev–Trinajstić information content (AvgIpc) is 2.00. The van der Waals surface area contributed by atoms with Crippen LogP contribution in [0.15, 0.2) is 9.27 Å². The van der Waals surface area contributed by atoms with Crippen molar-refractivity contribution >= 4 is 15.9 Å². The summed E-state index contributed by atoms with van der Waals surface area (Å²) in [5.41, 5.74) is 0.452. The summed E-state index contributed by atoms with van der Waals surface area (Å²) in [5, 5.41) is 0. The van der Waals surface area contributed by atoms with Gasteiger partial charge < -0.3 is 9.72 Å². The molecule has 5 heteroatoms. The fourth-order valence-electron chi connectivity index (χ4n) is 0.862. The Hall–Kier alpha value is -0.680. The highest BCUT2D eigenvalue weighted by molar-refractivity contribution is 9.10. The van der Waals surface area contributed by atoms with E-state index < -0.39 is 0 Å². The molecule has 1 aromatic heterocycles. The minimum atomic E-state index is -0.172. The summed E-state index contributed by atoms with van der Waals surface area (Å²) in [6, 6.07) is 0. The third kappa shape index (κ3) is 1.92. The quantitative estimate of drug-likeness (QED) is 0.828. The van der Waals surface area contributed by atoms with Crippen LogP contribution < -0.4 is 5.56 Å². The first-order valence-corrected chi connectivity index (χ1v) is 4.18. The van der Waals surface area contributed by atoms with Gasteiger partial charge in [-0.05, 0) is 22.9 Å². The van der Waals surface area contributed by atoms with Gasteiger partial charge in [-0.25, -0.2) is 4.98 Å². The Morgan fingerprint density at radius 2 is 2.33 bits per heavy atom. The number of rotatable bonds is 2. The molecule has 66 valence electrons. The van der Waals surface area contributed by atoms with Gasteiger partial charge >= 0.3 is 0 Å². The van der Waals surface area contributed by atoms with E-state index in [1.165, 1.54) is 0 Å². The summed E-state index contributed by atoms with van der Waals surface area (Å²) < 4.78 is 5.31. The van der Waals surface area contributed by atoms with Crippen LogP contribution in [0.5, 0.6) is 0 Å². The molecule has 1 heterocycles. The smallest absolute Gasteiger partial charge is 0.265 e. The Labute approximate surface area is 78.1 Å². The normalized spacial score (nSPS) is 10.2. The predicted octanol–water partition coefficient (Wildman–Crippen LogP) is 0.987. The first-order valence-electron chi connectivity index (χ1n) is 3.39. The average molecular weight is 233 g/mol. The number of aromatic nitrogens is 2. The topological polar surface area (TPSA) is 55.0 Å². The van der Waals surface area contributed by atoms with Crippen LogP contribution in [0.4, 0.5) is 0 Å². The number of H-pyrrole nitrogens is 1. The van der Waals surface area contributed by atoms with Gasteiger partial charge in [0.1, 0.15) is 10.3 Å². The largest absolute Gasteiger partial charge is 0.378 e. The molecule has 0 aliphatic carbocycles. The first-order chi connectivity index (χ1) is 5.65. The minimum Gasteiger partial charge on any atom is -0.378 e. The molecule has 12 heavy (non-hydrogen) atoms. The molecular weight excluding hydrogens is 224 g/mol.